The molecular weight excluding hydrogens is 324 g/mol. The highest BCUT2D eigenvalue weighted by atomic mass is 16.7. The summed E-state index contributed by atoms with van der Waals surface area (Å²) in [5.74, 6) is 1.20. The van der Waals surface area contributed by atoms with Crippen LogP contribution in [0, 0.1) is 0 Å². The number of urea groups is 1. The molecule has 0 bridgehead atoms. The minimum absolute atomic E-state index is 0.0398. The molecule has 136 valence electrons. The van der Waals surface area contributed by atoms with Crippen molar-refractivity contribution in [3.05, 3.63) is 23.8 Å². The molecule has 0 radical (unpaired) electrons. The van der Waals surface area contributed by atoms with Crippen LogP contribution in [0.1, 0.15) is 18.4 Å². The first-order chi connectivity index (χ1) is 12.2. The lowest BCUT2D eigenvalue weighted by Gasteiger charge is -2.38. The van der Waals surface area contributed by atoms with Crippen molar-refractivity contribution in [3.8, 4) is 11.5 Å². The summed E-state index contributed by atoms with van der Waals surface area (Å²) >= 11 is 0. The SMILES string of the molecule is COc1ccc2c(c1)CC(NC(=O)N1CCC3(CC1)OCCO3)CO2. The van der Waals surface area contributed by atoms with Crippen molar-refractivity contribution in [2.45, 2.75) is 31.1 Å². The summed E-state index contributed by atoms with van der Waals surface area (Å²) in [7, 11) is 1.64. The van der Waals surface area contributed by atoms with Gasteiger partial charge in [-0.2, -0.15) is 0 Å². The van der Waals surface area contributed by atoms with Gasteiger partial charge in [0.05, 0.1) is 26.4 Å². The maximum absolute atomic E-state index is 12.6. The number of rotatable bonds is 2. The molecular formula is C18H24N2O5. The van der Waals surface area contributed by atoms with Crippen LogP contribution in [0.3, 0.4) is 0 Å². The molecule has 1 aromatic carbocycles. The summed E-state index contributed by atoms with van der Waals surface area (Å²) < 4.78 is 22.4. The van der Waals surface area contributed by atoms with Crippen LogP contribution >= 0.6 is 0 Å². The van der Waals surface area contributed by atoms with Crippen molar-refractivity contribution in [2.24, 2.45) is 0 Å². The van der Waals surface area contributed by atoms with Gasteiger partial charge in [0, 0.05) is 25.9 Å². The van der Waals surface area contributed by atoms with E-state index in [1.54, 1.807) is 7.11 Å². The van der Waals surface area contributed by atoms with E-state index in [4.69, 9.17) is 18.9 Å². The highest BCUT2D eigenvalue weighted by Crippen LogP contribution is 2.32. The van der Waals surface area contributed by atoms with E-state index in [0.717, 1.165) is 36.3 Å². The second-order valence-corrected chi connectivity index (χ2v) is 6.73. The number of hydrogen-bond acceptors (Lipinski definition) is 5. The molecule has 0 aromatic heterocycles. The Hall–Kier alpha value is -1.99. The Balaban J connectivity index is 1.32. The van der Waals surface area contributed by atoms with Gasteiger partial charge in [0.25, 0.3) is 0 Å². The molecule has 3 aliphatic heterocycles. The number of nitrogens with one attached hydrogen (secondary N) is 1. The highest BCUT2D eigenvalue weighted by Gasteiger charge is 2.41. The van der Waals surface area contributed by atoms with E-state index >= 15 is 0 Å². The van der Waals surface area contributed by atoms with E-state index in [9.17, 15) is 4.79 Å². The zero-order valence-electron chi connectivity index (χ0n) is 14.5. The Kier molecular flexibility index (Phi) is 4.43. The summed E-state index contributed by atoms with van der Waals surface area (Å²) in [6, 6.07) is 5.68. The number of carbonyl (C=O) groups is 1. The van der Waals surface area contributed by atoms with Gasteiger partial charge in [-0.25, -0.2) is 4.79 Å². The van der Waals surface area contributed by atoms with Crippen LogP contribution < -0.4 is 14.8 Å². The summed E-state index contributed by atoms with van der Waals surface area (Å²) in [6.07, 6.45) is 2.19. The summed E-state index contributed by atoms with van der Waals surface area (Å²) in [4.78, 5) is 14.4. The molecule has 0 aliphatic carbocycles. The van der Waals surface area contributed by atoms with Gasteiger partial charge in [0.2, 0.25) is 0 Å². The first kappa shape index (κ1) is 16.5. The van der Waals surface area contributed by atoms with Gasteiger partial charge in [-0.1, -0.05) is 0 Å². The van der Waals surface area contributed by atoms with Crippen LogP contribution in [-0.2, 0) is 15.9 Å². The molecule has 1 atom stereocenters. The fourth-order valence-electron chi connectivity index (χ4n) is 3.69. The van der Waals surface area contributed by atoms with Gasteiger partial charge < -0.3 is 29.2 Å². The number of nitrogens with zero attached hydrogens (tertiary/aromatic N) is 1. The number of likely N-dealkylation sites (tertiary alicyclic amines) is 1. The van der Waals surface area contributed by atoms with Gasteiger partial charge in [-0.3, -0.25) is 0 Å². The predicted molar refractivity (Wildman–Crippen MR) is 90.0 cm³/mol. The molecule has 3 aliphatic rings. The first-order valence-corrected chi connectivity index (χ1v) is 8.80. The van der Waals surface area contributed by atoms with Crippen LogP contribution in [0.4, 0.5) is 4.79 Å². The number of carbonyl (C=O) groups excluding carboxylic acids is 1. The Morgan fingerprint density at radius 1 is 1.28 bits per heavy atom. The maximum atomic E-state index is 12.6. The molecule has 1 unspecified atom stereocenters. The molecule has 2 amide bonds. The molecule has 1 N–H and O–H groups in total. The first-order valence-electron chi connectivity index (χ1n) is 8.80. The highest BCUT2D eigenvalue weighted by molar-refractivity contribution is 5.74. The minimum atomic E-state index is -0.458. The maximum Gasteiger partial charge on any atom is 0.317 e. The van der Waals surface area contributed by atoms with Crippen molar-refractivity contribution in [1.82, 2.24) is 10.2 Å². The molecule has 7 nitrogen and oxygen atoms in total. The van der Waals surface area contributed by atoms with Gasteiger partial charge in [0.1, 0.15) is 18.1 Å². The lowest BCUT2D eigenvalue weighted by Crippen LogP contribution is -2.53. The Morgan fingerprint density at radius 2 is 2.04 bits per heavy atom. The fourth-order valence-corrected chi connectivity index (χ4v) is 3.69. The smallest absolute Gasteiger partial charge is 0.317 e. The molecule has 25 heavy (non-hydrogen) atoms. The molecule has 1 spiro atoms. The monoisotopic (exact) mass is 348 g/mol. The van der Waals surface area contributed by atoms with Crippen LogP contribution in [0.15, 0.2) is 18.2 Å². The van der Waals surface area contributed by atoms with Crippen molar-refractivity contribution < 1.29 is 23.7 Å². The zero-order valence-corrected chi connectivity index (χ0v) is 14.5. The topological polar surface area (TPSA) is 69.3 Å². The second kappa shape index (κ2) is 6.72. The normalized spacial score (nSPS) is 24.5. The van der Waals surface area contributed by atoms with E-state index in [-0.39, 0.29) is 12.1 Å². The van der Waals surface area contributed by atoms with Crippen molar-refractivity contribution in [1.29, 1.82) is 0 Å². The van der Waals surface area contributed by atoms with Gasteiger partial charge >= 0.3 is 6.03 Å². The third kappa shape index (κ3) is 3.39. The summed E-state index contributed by atoms with van der Waals surface area (Å²) in [5.41, 5.74) is 1.06. The number of methoxy groups -OCH3 is 1. The van der Waals surface area contributed by atoms with Crippen molar-refractivity contribution in [3.63, 3.8) is 0 Å². The Bertz CT molecular complexity index is 634. The van der Waals surface area contributed by atoms with Crippen molar-refractivity contribution >= 4 is 6.03 Å². The number of benzene rings is 1. The third-order valence-corrected chi connectivity index (χ3v) is 5.13. The summed E-state index contributed by atoms with van der Waals surface area (Å²) in [6.45, 7) is 3.06. The minimum Gasteiger partial charge on any atom is -0.497 e. The third-order valence-electron chi connectivity index (χ3n) is 5.13. The van der Waals surface area contributed by atoms with E-state index in [0.29, 0.717) is 32.9 Å². The molecule has 7 heteroatoms. The molecule has 2 saturated heterocycles. The average Bonchev–Trinajstić information content (AvgIpc) is 3.09. The van der Waals surface area contributed by atoms with Gasteiger partial charge in [-0.05, 0) is 30.2 Å². The lowest BCUT2D eigenvalue weighted by atomic mass is 10.0. The number of piperidine rings is 1. The lowest BCUT2D eigenvalue weighted by molar-refractivity contribution is -0.181. The fraction of sp³-hybridized carbons (Fsp3) is 0.611. The van der Waals surface area contributed by atoms with Crippen LogP contribution in [-0.4, -0.2) is 62.8 Å². The van der Waals surface area contributed by atoms with E-state index in [1.807, 2.05) is 23.1 Å². The quantitative estimate of drug-likeness (QED) is 0.878. The molecule has 2 fully saturated rings. The number of hydrogen-bond donors (Lipinski definition) is 1. The number of amides is 2. The van der Waals surface area contributed by atoms with Crippen molar-refractivity contribution in [2.75, 3.05) is 40.0 Å². The zero-order chi connectivity index (χ0) is 17.3. The Labute approximate surface area is 147 Å². The molecule has 0 saturated carbocycles. The largest absolute Gasteiger partial charge is 0.497 e. The second-order valence-electron chi connectivity index (χ2n) is 6.73. The van der Waals surface area contributed by atoms with Crippen LogP contribution in [0.2, 0.25) is 0 Å². The molecule has 3 heterocycles. The van der Waals surface area contributed by atoms with E-state index < -0.39 is 5.79 Å². The number of fused-ring (bicyclic) bond motifs is 1. The van der Waals surface area contributed by atoms with E-state index in [1.165, 1.54) is 0 Å². The summed E-state index contributed by atoms with van der Waals surface area (Å²) in [5, 5.41) is 3.09. The average molecular weight is 348 g/mol. The number of ether oxygens (including phenoxy) is 4. The molecule has 4 rings (SSSR count). The van der Waals surface area contributed by atoms with E-state index in [2.05, 4.69) is 5.32 Å². The Morgan fingerprint density at radius 3 is 2.76 bits per heavy atom. The predicted octanol–water partition coefficient (Wildman–Crippen LogP) is 1.55. The van der Waals surface area contributed by atoms with Crippen LogP contribution in [0.5, 0.6) is 11.5 Å². The van der Waals surface area contributed by atoms with Gasteiger partial charge in [-0.15, -0.1) is 0 Å². The van der Waals surface area contributed by atoms with Gasteiger partial charge in [0.15, 0.2) is 5.79 Å². The standard InChI is InChI=1S/C18H24N2O5/c1-22-15-2-3-16-13(11-15)10-14(12-23-16)19-17(21)20-6-4-18(5-7-20)24-8-9-25-18/h2-3,11,14H,4-10,12H2,1H3,(H,19,21). The van der Waals surface area contributed by atoms with Crippen LogP contribution in [0.25, 0.3) is 0 Å². The molecule has 1 aromatic rings.